The molecule has 1 aliphatic rings. The topological polar surface area (TPSA) is 132 Å². The van der Waals surface area contributed by atoms with Gasteiger partial charge in [0.05, 0.1) is 17.3 Å². The number of hydrogen-bond donors (Lipinski definition) is 1. The molecule has 0 radical (unpaired) electrons. The summed E-state index contributed by atoms with van der Waals surface area (Å²) in [5, 5.41) is 14.4. The Bertz CT molecular complexity index is 1030. The number of amides is 2. The third kappa shape index (κ3) is 2.36. The molecule has 124 valence electrons. The second-order valence-corrected chi connectivity index (χ2v) is 5.30. The highest BCUT2D eigenvalue weighted by molar-refractivity contribution is 6.21. The van der Waals surface area contributed by atoms with E-state index < -0.39 is 0 Å². The zero-order valence-corrected chi connectivity index (χ0v) is 12.9. The molecule has 1 aromatic carbocycles. The average Bonchev–Trinajstić information content (AvgIpc) is 3.30. The predicted molar refractivity (Wildman–Crippen MR) is 85.8 cm³/mol. The zero-order valence-electron chi connectivity index (χ0n) is 12.9. The van der Waals surface area contributed by atoms with E-state index in [9.17, 15) is 9.59 Å². The molecule has 0 spiro atoms. The van der Waals surface area contributed by atoms with Gasteiger partial charge in [0.25, 0.3) is 17.8 Å². The first-order chi connectivity index (χ1) is 12.0. The van der Waals surface area contributed by atoms with Crippen LogP contribution in [0.25, 0.3) is 11.3 Å². The van der Waals surface area contributed by atoms with Gasteiger partial charge in [0.2, 0.25) is 0 Å². The lowest BCUT2D eigenvalue weighted by Gasteiger charge is -2.02. The first-order valence-corrected chi connectivity index (χ1v) is 7.19. The van der Waals surface area contributed by atoms with Crippen LogP contribution in [0.5, 0.6) is 0 Å². The van der Waals surface area contributed by atoms with E-state index in [0.717, 1.165) is 9.69 Å². The summed E-state index contributed by atoms with van der Waals surface area (Å²) < 4.78 is 5.67. The number of nitrogen functional groups attached to an aromatic ring is 1. The van der Waals surface area contributed by atoms with E-state index in [0.29, 0.717) is 28.2 Å². The third-order valence-corrected chi connectivity index (χ3v) is 3.77. The minimum atomic E-state index is -0.329. The molecule has 2 aromatic heterocycles. The number of fused-ring (bicyclic) bond motifs is 1. The summed E-state index contributed by atoms with van der Waals surface area (Å²) in [7, 11) is 1.45. The Hall–Kier alpha value is -3.82. The molecule has 0 atom stereocenters. The third-order valence-electron chi connectivity index (χ3n) is 3.77. The van der Waals surface area contributed by atoms with Crippen molar-refractivity contribution in [1.82, 2.24) is 25.2 Å². The molecule has 3 heterocycles. The van der Waals surface area contributed by atoms with E-state index in [1.54, 1.807) is 30.3 Å². The molecule has 4 rings (SSSR count). The first-order valence-electron chi connectivity index (χ1n) is 7.19. The lowest BCUT2D eigenvalue weighted by Crippen LogP contribution is -2.24. The maximum absolute atomic E-state index is 12.1. The first kappa shape index (κ1) is 14.8. The van der Waals surface area contributed by atoms with Crippen LogP contribution < -0.4 is 5.73 Å². The Kier molecular flexibility index (Phi) is 3.17. The summed E-state index contributed by atoms with van der Waals surface area (Å²) in [5.74, 6) is 0.393. The van der Waals surface area contributed by atoms with Gasteiger partial charge < -0.3 is 10.2 Å². The standard InChI is InChI=1S/C15H11N7O3/c1-21-13(23)10-4-2-8(6-11(10)14(21)24)12-5-3-9(25-12)7-17-22-15(16)18-19-20-22/h2-7H,1H3,(H2,16,18,20). The second-order valence-electron chi connectivity index (χ2n) is 5.30. The summed E-state index contributed by atoms with van der Waals surface area (Å²) in [6.07, 6.45) is 1.41. The number of tetrazole rings is 1. The van der Waals surface area contributed by atoms with Crippen LogP contribution in [0.2, 0.25) is 0 Å². The number of nitrogens with zero attached hydrogens (tertiary/aromatic N) is 6. The monoisotopic (exact) mass is 337 g/mol. The lowest BCUT2D eigenvalue weighted by molar-refractivity contribution is 0.0693. The van der Waals surface area contributed by atoms with Crippen LogP contribution in [0.15, 0.2) is 39.9 Å². The molecular formula is C15H11N7O3. The van der Waals surface area contributed by atoms with E-state index in [-0.39, 0.29) is 17.8 Å². The molecule has 0 saturated carbocycles. The molecule has 0 saturated heterocycles. The minimum absolute atomic E-state index is 0.0500. The van der Waals surface area contributed by atoms with Crippen LogP contribution in [0, 0.1) is 0 Å². The summed E-state index contributed by atoms with van der Waals surface area (Å²) in [5.41, 5.74) is 6.93. The Morgan fingerprint density at radius 3 is 2.72 bits per heavy atom. The Morgan fingerprint density at radius 2 is 1.96 bits per heavy atom. The van der Waals surface area contributed by atoms with Gasteiger partial charge in [-0.05, 0) is 34.7 Å². The van der Waals surface area contributed by atoms with E-state index >= 15 is 0 Å². The number of rotatable bonds is 3. The van der Waals surface area contributed by atoms with Crippen molar-refractivity contribution in [1.29, 1.82) is 0 Å². The average molecular weight is 337 g/mol. The zero-order chi connectivity index (χ0) is 17.6. The van der Waals surface area contributed by atoms with Gasteiger partial charge in [-0.2, -0.15) is 5.10 Å². The quantitative estimate of drug-likeness (QED) is 0.547. The van der Waals surface area contributed by atoms with Gasteiger partial charge in [-0.3, -0.25) is 14.5 Å². The maximum atomic E-state index is 12.1. The SMILES string of the molecule is CN1C(=O)c2ccc(-c3ccc(C=Nn4nnnc4N)o3)cc2C1=O. The molecule has 0 unspecified atom stereocenters. The maximum Gasteiger partial charge on any atom is 0.263 e. The Morgan fingerprint density at radius 1 is 1.16 bits per heavy atom. The van der Waals surface area contributed by atoms with E-state index in [2.05, 4.69) is 20.6 Å². The molecule has 0 aliphatic carbocycles. The van der Waals surface area contributed by atoms with Crippen LogP contribution >= 0.6 is 0 Å². The van der Waals surface area contributed by atoms with Crippen LogP contribution in [-0.2, 0) is 0 Å². The van der Waals surface area contributed by atoms with Gasteiger partial charge >= 0.3 is 0 Å². The van der Waals surface area contributed by atoms with Crippen molar-refractivity contribution in [3.8, 4) is 11.3 Å². The van der Waals surface area contributed by atoms with Gasteiger partial charge in [-0.25, -0.2) is 0 Å². The number of carbonyl (C=O) groups excluding carboxylic acids is 2. The van der Waals surface area contributed by atoms with Crippen molar-refractivity contribution in [2.45, 2.75) is 0 Å². The molecule has 1 aliphatic heterocycles. The van der Waals surface area contributed by atoms with Crippen molar-refractivity contribution in [3.63, 3.8) is 0 Å². The highest BCUT2D eigenvalue weighted by atomic mass is 16.3. The Balaban J connectivity index is 1.63. The number of hydrogen-bond acceptors (Lipinski definition) is 8. The number of furan rings is 1. The fourth-order valence-corrected chi connectivity index (χ4v) is 2.48. The number of anilines is 1. The van der Waals surface area contributed by atoms with Crippen LogP contribution in [0.3, 0.4) is 0 Å². The molecule has 3 aromatic rings. The fourth-order valence-electron chi connectivity index (χ4n) is 2.48. The Labute approximate surface area is 140 Å². The smallest absolute Gasteiger partial charge is 0.263 e. The molecule has 0 bridgehead atoms. The van der Waals surface area contributed by atoms with Gasteiger partial charge in [0.1, 0.15) is 11.5 Å². The molecule has 10 nitrogen and oxygen atoms in total. The minimum Gasteiger partial charge on any atom is -0.455 e. The van der Waals surface area contributed by atoms with Crippen LogP contribution in [0.4, 0.5) is 5.95 Å². The normalized spacial score (nSPS) is 13.9. The van der Waals surface area contributed by atoms with Crippen LogP contribution in [0.1, 0.15) is 26.5 Å². The number of carbonyl (C=O) groups is 2. The lowest BCUT2D eigenvalue weighted by atomic mass is 10.0. The van der Waals surface area contributed by atoms with Crippen molar-refractivity contribution in [2.24, 2.45) is 5.10 Å². The number of imide groups is 1. The molecule has 2 amide bonds. The number of aromatic nitrogens is 4. The second kappa shape index (κ2) is 5.37. The van der Waals surface area contributed by atoms with E-state index in [1.165, 1.54) is 13.3 Å². The molecular weight excluding hydrogens is 326 g/mol. The fraction of sp³-hybridized carbons (Fsp3) is 0.0667. The van der Waals surface area contributed by atoms with Crippen molar-refractivity contribution >= 4 is 24.0 Å². The largest absolute Gasteiger partial charge is 0.455 e. The van der Waals surface area contributed by atoms with Crippen molar-refractivity contribution in [3.05, 3.63) is 47.2 Å². The molecule has 2 N–H and O–H groups in total. The van der Waals surface area contributed by atoms with Gasteiger partial charge in [-0.1, -0.05) is 16.0 Å². The number of nitrogens with two attached hydrogens (primary N) is 1. The van der Waals surface area contributed by atoms with Gasteiger partial charge in [-0.15, -0.1) is 0 Å². The van der Waals surface area contributed by atoms with Crippen LogP contribution in [-0.4, -0.2) is 50.3 Å². The molecule has 0 fully saturated rings. The highest BCUT2D eigenvalue weighted by Crippen LogP contribution is 2.28. The van der Waals surface area contributed by atoms with Crippen molar-refractivity contribution < 1.29 is 14.0 Å². The molecule has 10 heteroatoms. The number of benzene rings is 1. The summed E-state index contributed by atoms with van der Waals surface area (Å²) >= 11 is 0. The van der Waals surface area contributed by atoms with Gasteiger partial charge in [0, 0.05) is 12.6 Å². The summed E-state index contributed by atoms with van der Waals surface area (Å²) in [4.78, 5) is 26.1. The molecule has 25 heavy (non-hydrogen) atoms. The van der Waals surface area contributed by atoms with Crippen molar-refractivity contribution in [2.75, 3.05) is 12.8 Å². The summed E-state index contributed by atoms with van der Waals surface area (Å²) in [6, 6.07) is 8.41. The van der Waals surface area contributed by atoms with Gasteiger partial charge in [0.15, 0.2) is 0 Å². The predicted octanol–water partition coefficient (Wildman–Crippen LogP) is 0.623. The van der Waals surface area contributed by atoms with E-state index in [1.807, 2.05) is 0 Å². The summed E-state index contributed by atoms with van der Waals surface area (Å²) in [6.45, 7) is 0. The highest BCUT2D eigenvalue weighted by Gasteiger charge is 2.32. The van der Waals surface area contributed by atoms with E-state index in [4.69, 9.17) is 10.2 Å².